The molecule has 0 atom stereocenters. The smallest absolute Gasteiger partial charge is 0.331 e. The van der Waals surface area contributed by atoms with Gasteiger partial charge in [-0.15, -0.1) is 0 Å². The maximum Gasteiger partial charge on any atom is 0.418 e. The zero-order valence-corrected chi connectivity index (χ0v) is 13.6. The highest BCUT2D eigenvalue weighted by molar-refractivity contribution is 5.98. The zero-order chi connectivity index (χ0) is 18.6. The normalized spacial score (nSPS) is 11.1. The van der Waals surface area contributed by atoms with Gasteiger partial charge in [-0.25, -0.2) is 4.98 Å². The van der Waals surface area contributed by atoms with Gasteiger partial charge < -0.3 is 10.2 Å². The lowest BCUT2D eigenvalue weighted by molar-refractivity contribution is -0.137. The third-order valence-electron chi connectivity index (χ3n) is 3.34. The molecule has 2 aromatic rings. The van der Waals surface area contributed by atoms with E-state index in [9.17, 15) is 22.8 Å². The second-order valence-electron chi connectivity index (χ2n) is 5.42. The SMILES string of the molecule is Cc1cccc(C(=O)N(C)CC(=O)Nc2ccccc2C(F)(F)F)n1. The number of nitrogens with zero attached hydrogens (tertiary/aromatic N) is 2. The van der Waals surface area contributed by atoms with Crippen molar-refractivity contribution in [3.63, 3.8) is 0 Å². The molecule has 5 nitrogen and oxygen atoms in total. The predicted octanol–water partition coefficient (Wildman–Crippen LogP) is 3.12. The van der Waals surface area contributed by atoms with Gasteiger partial charge in [-0.1, -0.05) is 18.2 Å². The Morgan fingerprint density at radius 2 is 1.80 bits per heavy atom. The molecule has 0 saturated heterocycles. The first-order valence-corrected chi connectivity index (χ1v) is 7.33. The van der Waals surface area contributed by atoms with Crippen molar-refractivity contribution >= 4 is 17.5 Å². The summed E-state index contributed by atoms with van der Waals surface area (Å²) in [5.41, 5.74) is -0.499. The largest absolute Gasteiger partial charge is 0.418 e. The molecule has 0 bridgehead atoms. The molecule has 0 aliphatic heterocycles. The quantitative estimate of drug-likeness (QED) is 0.921. The lowest BCUT2D eigenvalue weighted by Crippen LogP contribution is -2.35. The van der Waals surface area contributed by atoms with Crippen LogP contribution in [0.4, 0.5) is 18.9 Å². The molecule has 25 heavy (non-hydrogen) atoms. The number of para-hydroxylation sites is 1. The van der Waals surface area contributed by atoms with E-state index in [-0.39, 0.29) is 11.4 Å². The molecule has 1 N–H and O–H groups in total. The third-order valence-corrected chi connectivity index (χ3v) is 3.34. The number of aromatic nitrogens is 1. The van der Waals surface area contributed by atoms with Crippen molar-refractivity contribution in [2.24, 2.45) is 0 Å². The Hall–Kier alpha value is -2.90. The number of halogens is 3. The predicted molar refractivity (Wildman–Crippen MR) is 86.0 cm³/mol. The van der Waals surface area contributed by atoms with E-state index in [1.54, 1.807) is 19.1 Å². The van der Waals surface area contributed by atoms with E-state index in [0.717, 1.165) is 17.0 Å². The van der Waals surface area contributed by atoms with Gasteiger partial charge in [-0.2, -0.15) is 13.2 Å². The summed E-state index contributed by atoms with van der Waals surface area (Å²) in [6.07, 6.45) is -4.59. The summed E-state index contributed by atoms with van der Waals surface area (Å²) in [5.74, 6) is -1.23. The van der Waals surface area contributed by atoms with Crippen LogP contribution in [0.3, 0.4) is 0 Å². The topological polar surface area (TPSA) is 62.3 Å². The molecule has 0 fully saturated rings. The standard InChI is InChI=1S/C17H16F3N3O2/c1-11-6-5-9-14(21-11)16(25)23(2)10-15(24)22-13-8-4-3-7-12(13)17(18,19)20/h3-9H,10H2,1-2H3,(H,22,24). The number of hydrogen-bond donors (Lipinski definition) is 1. The van der Waals surface area contributed by atoms with Gasteiger partial charge in [0.15, 0.2) is 0 Å². The van der Waals surface area contributed by atoms with Crippen molar-refractivity contribution in [3.8, 4) is 0 Å². The van der Waals surface area contributed by atoms with E-state index in [4.69, 9.17) is 0 Å². The van der Waals surface area contributed by atoms with Gasteiger partial charge in [0.1, 0.15) is 5.69 Å². The first-order valence-electron chi connectivity index (χ1n) is 7.33. The number of aryl methyl sites for hydroxylation is 1. The van der Waals surface area contributed by atoms with Gasteiger partial charge in [0.2, 0.25) is 5.91 Å². The molecule has 1 aromatic carbocycles. The Balaban J connectivity index is 2.07. The molecule has 0 saturated carbocycles. The van der Waals surface area contributed by atoms with E-state index in [1.807, 2.05) is 0 Å². The molecule has 132 valence electrons. The van der Waals surface area contributed by atoms with Crippen LogP contribution in [-0.2, 0) is 11.0 Å². The minimum atomic E-state index is -4.59. The van der Waals surface area contributed by atoms with Crippen LogP contribution in [0, 0.1) is 6.92 Å². The summed E-state index contributed by atoms with van der Waals surface area (Å²) < 4.78 is 38.8. The van der Waals surface area contributed by atoms with Crippen LogP contribution in [0.1, 0.15) is 21.7 Å². The first-order chi connectivity index (χ1) is 11.7. The number of alkyl halides is 3. The minimum Gasteiger partial charge on any atom is -0.331 e. The van der Waals surface area contributed by atoms with Crippen molar-refractivity contribution in [3.05, 3.63) is 59.4 Å². The van der Waals surface area contributed by atoms with Crippen LogP contribution in [0.2, 0.25) is 0 Å². The fraction of sp³-hybridized carbons (Fsp3) is 0.235. The number of nitrogens with one attached hydrogen (secondary N) is 1. The van der Waals surface area contributed by atoms with Crippen molar-refractivity contribution in [2.45, 2.75) is 13.1 Å². The molecule has 2 amide bonds. The fourth-order valence-electron chi connectivity index (χ4n) is 2.17. The highest BCUT2D eigenvalue weighted by atomic mass is 19.4. The van der Waals surface area contributed by atoms with E-state index < -0.39 is 30.1 Å². The molecule has 1 heterocycles. The third kappa shape index (κ3) is 4.79. The number of rotatable bonds is 4. The molecular weight excluding hydrogens is 335 g/mol. The van der Waals surface area contributed by atoms with Crippen LogP contribution in [-0.4, -0.2) is 35.3 Å². The highest BCUT2D eigenvalue weighted by Crippen LogP contribution is 2.34. The number of carbonyl (C=O) groups is 2. The molecule has 8 heteroatoms. The molecular formula is C17H16F3N3O2. The molecule has 0 aliphatic rings. The number of likely N-dealkylation sites (N-methyl/N-ethyl adjacent to an activating group) is 1. The Labute approximate surface area is 142 Å². The Kier molecular flexibility index (Phi) is 5.41. The number of anilines is 1. The summed E-state index contributed by atoms with van der Waals surface area (Å²) in [6.45, 7) is 1.32. The number of amides is 2. The summed E-state index contributed by atoms with van der Waals surface area (Å²) in [6, 6.07) is 9.53. The number of pyridine rings is 1. The van der Waals surface area contributed by atoms with Gasteiger partial charge in [0.05, 0.1) is 17.8 Å². The van der Waals surface area contributed by atoms with E-state index in [1.165, 1.54) is 25.2 Å². The lowest BCUT2D eigenvalue weighted by Gasteiger charge is -2.18. The molecule has 0 radical (unpaired) electrons. The maximum atomic E-state index is 12.9. The van der Waals surface area contributed by atoms with E-state index >= 15 is 0 Å². The summed E-state index contributed by atoms with van der Waals surface area (Å²) in [4.78, 5) is 29.4. The molecule has 0 unspecified atom stereocenters. The van der Waals surface area contributed by atoms with Gasteiger partial charge in [0, 0.05) is 12.7 Å². The zero-order valence-electron chi connectivity index (χ0n) is 13.6. The van der Waals surface area contributed by atoms with E-state index in [2.05, 4.69) is 10.3 Å². The Morgan fingerprint density at radius 1 is 1.12 bits per heavy atom. The molecule has 1 aromatic heterocycles. The minimum absolute atomic E-state index is 0.158. The van der Waals surface area contributed by atoms with Crippen molar-refractivity contribution in [1.29, 1.82) is 0 Å². The van der Waals surface area contributed by atoms with Crippen molar-refractivity contribution in [2.75, 3.05) is 18.9 Å². The number of hydrogen-bond acceptors (Lipinski definition) is 3. The molecule has 0 aliphatic carbocycles. The number of carbonyl (C=O) groups excluding carboxylic acids is 2. The van der Waals surface area contributed by atoms with Gasteiger partial charge in [-0.3, -0.25) is 9.59 Å². The Morgan fingerprint density at radius 3 is 2.44 bits per heavy atom. The second kappa shape index (κ2) is 7.33. The van der Waals surface area contributed by atoms with Crippen LogP contribution >= 0.6 is 0 Å². The fourth-order valence-corrected chi connectivity index (χ4v) is 2.17. The van der Waals surface area contributed by atoms with Crippen LogP contribution < -0.4 is 5.32 Å². The second-order valence-corrected chi connectivity index (χ2v) is 5.42. The highest BCUT2D eigenvalue weighted by Gasteiger charge is 2.33. The van der Waals surface area contributed by atoms with Crippen LogP contribution in [0.25, 0.3) is 0 Å². The number of benzene rings is 1. The summed E-state index contributed by atoms with van der Waals surface area (Å²) in [7, 11) is 1.38. The average Bonchev–Trinajstić information content (AvgIpc) is 2.53. The van der Waals surface area contributed by atoms with Crippen molar-refractivity contribution < 1.29 is 22.8 Å². The Bertz CT molecular complexity index is 791. The van der Waals surface area contributed by atoms with Crippen LogP contribution in [0.15, 0.2) is 42.5 Å². The monoisotopic (exact) mass is 351 g/mol. The van der Waals surface area contributed by atoms with Crippen LogP contribution in [0.5, 0.6) is 0 Å². The van der Waals surface area contributed by atoms with Gasteiger partial charge >= 0.3 is 6.18 Å². The van der Waals surface area contributed by atoms with Gasteiger partial charge in [0.25, 0.3) is 5.91 Å². The lowest BCUT2D eigenvalue weighted by atomic mass is 10.1. The first kappa shape index (κ1) is 18.4. The molecule has 0 spiro atoms. The maximum absolute atomic E-state index is 12.9. The van der Waals surface area contributed by atoms with Crippen molar-refractivity contribution in [1.82, 2.24) is 9.88 Å². The average molecular weight is 351 g/mol. The summed E-state index contributed by atoms with van der Waals surface area (Å²) >= 11 is 0. The summed E-state index contributed by atoms with van der Waals surface area (Å²) in [5, 5.41) is 2.19. The van der Waals surface area contributed by atoms with E-state index in [0.29, 0.717) is 5.69 Å². The molecule has 2 rings (SSSR count). The van der Waals surface area contributed by atoms with Gasteiger partial charge in [-0.05, 0) is 31.2 Å².